The molecule has 2 N–H and O–H groups in total. The summed E-state index contributed by atoms with van der Waals surface area (Å²) in [5, 5.41) is 0. The topological polar surface area (TPSA) is 44.5 Å². The zero-order chi connectivity index (χ0) is 9.19. The largest absolute Gasteiger partial charge is 0.399 e. The molecule has 4 heteroatoms. The van der Waals surface area contributed by atoms with Gasteiger partial charge in [0.1, 0.15) is 0 Å². The Balaban J connectivity index is 2.88. The van der Waals surface area contributed by atoms with E-state index in [-0.39, 0.29) is 4.83 Å². The summed E-state index contributed by atoms with van der Waals surface area (Å²) in [4.78, 5) is -0.0509. The van der Waals surface area contributed by atoms with E-state index >= 15 is 0 Å². The zero-order valence-electron chi connectivity index (χ0n) is 7.08. The van der Waals surface area contributed by atoms with E-state index in [1.807, 2.05) is 6.08 Å². The molecule has 0 aliphatic heterocycles. The standard InChI is InChI=1S/C8H12BrNO2/c1-11-8(12-2)4-3-6(10)5-7(8)9/h3-5,7H,10H2,1-2H3. The average Bonchev–Trinajstić information content (AvgIpc) is 2.06. The third kappa shape index (κ3) is 1.55. The predicted molar refractivity (Wildman–Crippen MR) is 50.9 cm³/mol. The number of rotatable bonds is 2. The molecule has 0 bridgehead atoms. The first-order valence-electron chi connectivity index (χ1n) is 3.55. The quantitative estimate of drug-likeness (QED) is 0.575. The SMILES string of the molecule is COC1(OC)C=CC(N)=CC1Br. The van der Waals surface area contributed by atoms with Crippen LogP contribution < -0.4 is 5.73 Å². The minimum absolute atomic E-state index is 0.0509. The Labute approximate surface area is 80.3 Å². The molecule has 0 amide bonds. The molecule has 1 atom stereocenters. The van der Waals surface area contributed by atoms with Crippen LogP contribution in [0.4, 0.5) is 0 Å². The molecule has 1 rings (SSSR count). The summed E-state index contributed by atoms with van der Waals surface area (Å²) in [5.41, 5.74) is 6.30. The Hall–Kier alpha value is -0.320. The van der Waals surface area contributed by atoms with Gasteiger partial charge in [-0.15, -0.1) is 0 Å². The van der Waals surface area contributed by atoms with Crippen LogP contribution in [0.15, 0.2) is 23.9 Å². The first-order chi connectivity index (χ1) is 5.64. The molecule has 0 aromatic carbocycles. The lowest BCUT2D eigenvalue weighted by Crippen LogP contribution is -2.41. The number of hydrogen-bond donors (Lipinski definition) is 1. The van der Waals surface area contributed by atoms with Crippen molar-refractivity contribution in [1.82, 2.24) is 0 Å². The van der Waals surface area contributed by atoms with Crippen LogP contribution in [0.1, 0.15) is 0 Å². The highest BCUT2D eigenvalue weighted by Gasteiger charge is 2.35. The number of alkyl halides is 1. The van der Waals surface area contributed by atoms with Crippen molar-refractivity contribution < 1.29 is 9.47 Å². The minimum atomic E-state index is -0.719. The lowest BCUT2D eigenvalue weighted by Gasteiger charge is -2.33. The highest BCUT2D eigenvalue weighted by Crippen LogP contribution is 2.29. The molecule has 0 aromatic heterocycles. The fourth-order valence-electron chi connectivity index (χ4n) is 1.09. The van der Waals surface area contributed by atoms with Crippen molar-refractivity contribution in [1.29, 1.82) is 0 Å². The van der Waals surface area contributed by atoms with Crippen molar-refractivity contribution in [3.63, 3.8) is 0 Å². The van der Waals surface area contributed by atoms with E-state index < -0.39 is 5.79 Å². The van der Waals surface area contributed by atoms with Gasteiger partial charge in [-0.05, 0) is 18.2 Å². The Kier molecular flexibility index (Phi) is 2.93. The van der Waals surface area contributed by atoms with Crippen molar-refractivity contribution in [3.05, 3.63) is 23.9 Å². The Morgan fingerprint density at radius 2 is 2.08 bits per heavy atom. The second-order valence-corrected chi connectivity index (χ2v) is 3.52. The molecule has 3 nitrogen and oxygen atoms in total. The van der Waals surface area contributed by atoms with Gasteiger partial charge in [0.2, 0.25) is 5.79 Å². The van der Waals surface area contributed by atoms with Gasteiger partial charge in [0.25, 0.3) is 0 Å². The predicted octanol–water partition coefficient (Wildman–Crippen LogP) is 1.15. The fourth-order valence-corrected chi connectivity index (χ4v) is 1.92. The lowest BCUT2D eigenvalue weighted by molar-refractivity contribution is -0.162. The van der Waals surface area contributed by atoms with Gasteiger partial charge in [0.05, 0.1) is 4.83 Å². The molecule has 68 valence electrons. The third-order valence-corrected chi connectivity index (χ3v) is 2.77. The maximum atomic E-state index is 5.59. The van der Waals surface area contributed by atoms with Crippen LogP contribution in [-0.2, 0) is 9.47 Å². The highest BCUT2D eigenvalue weighted by atomic mass is 79.9. The smallest absolute Gasteiger partial charge is 0.204 e. The van der Waals surface area contributed by atoms with Crippen molar-refractivity contribution in [3.8, 4) is 0 Å². The van der Waals surface area contributed by atoms with Gasteiger partial charge in [-0.2, -0.15) is 0 Å². The zero-order valence-corrected chi connectivity index (χ0v) is 8.67. The Bertz CT molecular complexity index is 221. The number of ether oxygens (including phenoxy) is 2. The summed E-state index contributed by atoms with van der Waals surface area (Å²) in [6, 6.07) is 0. The summed E-state index contributed by atoms with van der Waals surface area (Å²) in [7, 11) is 3.19. The van der Waals surface area contributed by atoms with E-state index in [0.29, 0.717) is 5.70 Å². The van der Waals surface area contributed by atoms with Crippen LogP contribution in [0.25, 0.3) is 0 Å². The number of nitrogens with two attached hydrogens (primary N) is 1. The van der Waals surface area contributed by atoms with E-state index in [1.165, 1.54) is 0 Å². The second kappa shape index (κ2) is 3.60. The molecule has 0 saturated heterocycles. The molecule has 1 aliphatic carbocycles. The van der Waals surface area contributed by atoms with Crippen LogP contribution >= 0.6 is 15.9 Å². The minimum Gasteiger partial charge on any atom is -0.399 e. The molecule has 0 radical (unpaired) electrons. The molecule has 1 unspecified atom stereocenters. The van der Waals surface area contributed by atoms with Gasteiger partial charge in [-0.3, -0.25) is 0 Å². The van der Waals surface area contributed by atoms with Crippen molar-refractivity contribution in [2.45, 2.75) is 10.6 Å². The van der Waals surface area contributed by atoms with Gasteiger partial charge in [0, 0.05) is 19.9 Å². The number of halogens is 1. The summed E-state index contributed by atoms with van der Waals surface area (Å²) in [6.07, 6.45) is 5.40. The molecular formula is C8H12BrNO2. The van der Waals surface area contributed by atoms with Gasteiger partial charge in [-0.1, -0.05) is 15.9 Å². The molecule has 0 fully saturated rings. The van der Waals surface area contributed by atoms with E-state index in [9.17, 15) is 0 Å². The average molecular weight is 234 g/mol. The van der Waals surface area contributed by atoms with E-state index in [2.05, 4.69) is 15.9 Å². The number of methoxy groups -OCH3 is 2. The summed E-state index contributed by atoms with van der Waals surface area (Å²) in [5.74, 6) is -0.719. The second-order valence-electron chi connectivity index (χ2n) is 2.53. The third-order valence-electron chi connectivity index (χ3n) is 1.87. The summed E-state index contributed by atoms with van der Waals surface area (Å²) < 4.78 is 10.5. The molecule has 0 saturated carbocycles. The van der Waals surface area contributed by atoms with Gasteiger partial charge >= 0.3 is 0 Å². The number of hydrogen-bond acceptors (Lipinski definition) is 3. The first kappa shape index (κ1) is 9.77. The maximum absolute atomic E-state index is 5.59. The van der Waals surface area contributed by atoms with Crippen LogP contribution in [-0.4, -0.2) is 24.8 Å². The van der Waals surface area contributed by atoms with Crippen molar-refractivity contribution in [2.24, 2.45) is 5.73 Å². The van der Waals surface area contributed by atoms with E-state index in [4.69, 9.17) is 15.2 Å². The van der Waals surface area contributed by atoms with Crippen LogP contribution in [0.2, 0.25) is 0 Å². The van der Waals surface area contributed by atoms with Crippen LogP contribution in [0.5, 0.6) is 0 Å². The highest BCUT2D eigenvalue weighted by molar-refractivity contribution is 9.09. The normalized spacial score (nSPS) is 26.9. The summed E-state index contributed by atoms with van der Waals surface area (Å²) in [6.45, 7) is 0. The molecule has 0 aromatic rings. The van der Waals surface area contributed by atoms with Gasteiger partial charge in [0.15, 0.2) is 0 Å². The summed E-state index contributed by atoms with van der Waals surface area (Å²) >= 11 is 3.42. The number of allylic oxidation sites excluding steroid dienone is 1. The van der Waals surface area contributed by atoms with Gasteiger partial charge < -0.3 is 15.2 Å². The molecule has 0 heterocycles. The fraction of sp³-hybridized carbons (Fsp3) is 0.500. The maximum Gasteiger partial charge on any atom is 0.204 e. The molecule has 1 aliphatic rings. The first-order valence-corrected chi connectivity index (χ1v) is 4.47. The van der Waals surface area contributed by atoms with E-state index in [0.717, 1.165) is 0 Å². The van der Waals surface area contributed by atoms with Crippen molar-refractivity contribution in [2.75, 3.05) is 14.2 Å². The van der Waals surface area contributed by atoms with Crippen LogP contribution in [0.3, 0.4) is 0 Å². The monoisotopic (exact) mass is 233 g/mol. The van der Waals surface area contributed by atoms with E-state index in [1.54, 1.807) is 26.4 Å². The molecule has 0 spiro atoms. The van der Waals surface area contributed by atoms with Crippen LogP contribution in [0, 0.1) is 0 Å². The molecule has 12 heavy (non-hydrogen) atoms. The Morgan fingerprint density at radius 1 is 1.50 bits per heavy atom. The Morgan fingerprint density at radius 3 is 2.50 bits per heavy atom. The van der Waals surface area contributed by atoms with Crippen molar-refractivity contribution >= 4 is 15.9 Å². The molecular weight excluding hydrogens is 222 g/mol. The van der Waals surface area contributed by atoms with Gasteiger partial charge in [-0.25, -0.2) is 0 Å². The lowest BCUT2D eigenvalue weighted by atomic mass is 10.1.